The Balaban J connectivity index is 0. The third-order valence-electron chi connectivity index (χ3n) is 8.30. The predicted octanol–water partition coefficient (Wildman–Crippen LogP) is 11.9. The van der Waals surface area contributed by atoms with Crippen LogP contribution in [0.15, 0.2) is 0 Å². The summed E-state index contributed by atoms with van der Waals surface area (Å²) in [6.45, 7) is 4.55. The normalized spacial score (nSPS) is 12.5. The monoisotopic (exact) mass is 614 g/mol. The third-order valence-corrected chi connectivity index (χ3v) is 8.87. The number of hydrogen-bond acceptors (Lipinski definition) is 2. The van der Waals surface area contributed by atoms with E-state index in [1.54, 1.807) is 0 Å². The maximum atomic E-state index is 11.4. The molecule has 2 N–H and O–H groups in total. The Labute approximate surface area is 294 Å². The van der Waals surface area contributed by atoms with E-state index in [0.717, 1.165) is 38.5 Å². The summed E-state index contributed by atoms with van der Waals surface area (Å²) >= 11 is 0. The van der Waals surface area contributed by atoms with Gasteiger partial charge in [0.15, 0.2) is 0 Å². The molecular formula is C34H72KO4P. The Morgan fingerprint density at radius 2 is 0.625 bits per heavy atom. The SMILES string of the molecule is CCCCCCCCCCCCCCCCCC(CCCCCCCCCCCCCCCC)OP(=O)(O)O.[KH]. The Bertz CT molecular complexity index is 514. The molecule has 0 aliphatic carbocycles. The molecule has 0 fully saturated rings. The van der Waals surface area contributed by atoms with E-state index in [1.165, 1.54) is 161 Å². The molecule has 0 aromatic heterocycles. The third kappa shape index (κ3) is 37.8. The van der Waals surface area contributed by atoms with E-state index >= 15 is 0 Å². The van der Waals surface area contributed by atoms with E-state index in [2.05, 4.69) is 13.8 Å². The Kier molecular flexibility index (Phi) is 38.6. The second kappa shape index (κ2) is 35.2. The van der Waals surface area contributed by atoms with Gasteiger partial charge in [0, 0.05) is 0 Å². The fraction of sp³-hybridized carbons (Fsp3) is 1.00. The van der Waals surface area contributed by atoms with Gasteiger partial charge in [0.25, 0.3) is 0 Å². The van der Waals surface area contributed by atoms with Crippen LogP contribution in [-0.2, 0) is 9.09 Å². The number of unbranched alkanes of at least 4 members (excludes halogenated alkanes) is 27. The van der Waals surface area contributed by atoms with Crippen molar-refractivity contribution in [2.45, 2.75) is 219 Å². The van der Waals surface area contributed by atoms with Crippen LogP contribution < -0.4 is 0 Å². The first-order valence-corrected chi connectivity index (χ1v) is 19.3. The van der Waals surface area contributed by atoms with Gasteiger partial charge in [0.2, 0.25) is 0 Å². The van der Waals surface area contributed by atoms with Gasteiger partial charge in [-0.05, 0) is 12.8 Å². The molecule has 0 aromatic rings. The van der Waals surface area contributed by atoms with Crippen molar-refractivity contribution in [3.63, 3.8) is 0 Å². The molecular weight excluding hydrogens is 542 g/mol. The molecule has 4 nitrogen and oxygen atoms in total. The molecule has 0 aromatic carbocycles. The van der Waals surface area contributed by atoms with Gasteiger partial charge in [-0.25, -0.2) is 4.57 Å². The van der Waals surface area contributed by atoms with E-state index in [-0.39, 0.29) is 57.5 Å². The second-order valence-electron chi connectivity index (χ2n) is 12.3. The molecule has 0 saturated carbocycles. The molecule has 0 aliphatic heterocycles. The minimum absolute atomic E-state index is 0. The van der Waals surface area contributed by atoms with E-state index in [4.69, 9.17) is 4.52 Å². The molecule has 6 heteroatoms. The second-order valence-corrected chi connectivity index (χ2v) is 13.5. The predicted molar refractivity (Wildman–Crippen MR) is 179 cm³/mol. The molecule has 0 spiro atoms. The standard InChI is InChI=1S/C34H71O4P.K.H/c1-3-5-7-9-11-13-15-17-19-21-23-25-27-29-31-33-34(38-39(35,36)37)32-30-28-26-24-22-20-18-16-14-12-10-8-6-4-2;;/h34H,3-33H2,1-2H3,(H2,35,36,37);;. The zero-order valence-electron chi connectivity index (χ0n) is 26.7. The van der Waals surface area contributed by atoms with Crippen LogP contribution in [0, 0.1) is 0 Å². The number of phosphoric ester groups is 1. The van der Waals surface area contributed by atoms with Crippen LogP contribution in [0.25, 0.3) is 0 Å². The summed E-state index contributed by atoms with van der Waals surface area (Å²) in [6.07, 6.45) is 39.8. The Hall–Kier alpha value is 1.75. The van der Waals surface area contributed by atoms with E-state index < -0.39 is 7.82 Å². The van der Waals surface area contributed by atoms with Crippen molar-refractivity contribution in [2.75, 3.05) is 0 Å². The average Bonchev–Trinajstić information content (AvgIpc) is 2.90. The summed E-state index contributed by atoms with van der Waals surface area (Å²) in [5.41, 5.74) is 0. The van der Waals surface area contributed by atoms with Crippen molar-refractivity contribution in [3.8, 4) is 0 Å². The molecule has 238 valence electrons. The summed E-state index contributed by atoms with van der Waals surface area (Å²) in [4.78, 5) is 18.6. The van der Waals surface area contributed by atoms with Crippen LogP contribution in [0.4, 0.5) is 0 Å². The fourth-order valence-corrected chi connectivity index (χ4v) is 6.35. The maximum absolute atomic E-state index is 11.4. The first-order chi connectivity index (χ1) is 19.0. The van der Waals surface area contributed by atoms with Crippen molar-refractivity contribution in [2.24, 2.45) is 0 Å². The van der Waals surface area contributed by atoms with E-state index in [0.29, 0.717) is 0 Å². The minimum atomic E-state index is -4.40. The average molecular weight is 615 g/mol. The summed E-state index contributed by atoms with van der Waals surface area (Å²) in [6, 6.07) is 0. The quantitative estimate of drug-likeness (QED) is 0.0438. The summed E-state index contributed by atoms with van der Waals surface area (Å²) in [5, 5.41) is 0. The van der Waals surface area contributed by atoms with Crippen LogP contribution in [0.3, 0.4) is 0 Å². The summed E-state index contributed by atoms with van der Waals surface area (Å²) in [5.74, 6) is 0. The molecule has 0 radical (unpaired) electrons. The molecule has 0 heterocycles. The van der Waals surface area contributed by atoms with Gasteiger partial charge < -0.3 is 9.79 Å². The van der Waals surface area contributed by atoms with E-state index in [1.807, 2.05) is 0 Å². The molecule has 1 atom stereocenters. The summed E-state index contributed by atoms with van der Waals surface area (Å²) in [7, 11) is -4.40. The zero-order valence-corrected chi connectivity index (χ0v) is 27.6. The van der Waals surface area contributed by atoms with Crippen LogP contribution in [0.5, 0.6) is 0 Å². The molecule has 0 bridgehead atoms. The molecule has 0 rings (SSSR count). The first kappa shape index (κ1) is 43.9. The first-order valence-electron chi connectivity index (χ1n) is 17.7. The van der Waals surface area contributed by atoms with Gasteiger partial charge in [0.1, 0.15) is 0 Å². The topological polar surface area (TPSA) is 66.8 Å². The molecule has 0 aliphatic rings. The number of phosphoric acid groups is 1. The van der Waals surface area contributed by atoms with Crippen molar-refractivity contribution < 1.29 is 18.9 Å². The molecule has 40 heavy (non-hydrogen) atoms. The van der Waals surface area contributed by atoms with Crippen molar-refractivity contribution in [1.82, 2.24) is 0 Å². The summed E-state index contributed by atoms with van der Waals surface area (Å²) < 4.78 is 16.6. The van der Waals surface area contributed by atoms with E-state index in [9.17, 15) is 14.4 Å². The molecule has 1 unspecified atom stereocenters. The van der Waals surface area contributed by atoms with Crippen LogP contribution in [-0.4, -0.2) is 67.3 Å². The van der Waals surface area contributed by atoms with Gasteiger partial charge >= 0.3 is 59.2 Å². The van der Waals surface area contributed by atoms with Gasteiger partial charge in [0.05, 0.1) is 6.10 Å². The van der Waals surface area contributed by atoms with Crippen LogP contribution in [0.1, 0.15) is 213 Å². The van der Waals surface area contributed by atoms with Crippen molar-refractivity contribution in [3.05, 3.63) is 0 Å². The molecule has 0 amide bonds. The van der Waals surface area contributed by atoms with Gasteiger partial charge in [-0.3, -0.25) is 4.52 Å². The van der Waals surface area contributed by atoms with Crippen LogP contribution >= 0.6 is 7.82 Å². The molecule has 0 saturated heterocycles. The zero-order chi connectivity index (χ0) is 28.7. The fourth-order valence-electron chi connectivity index (χ4n) is 5.75. The van der Waals surface area contributed by atoms with Crippen molar-refractivity contribution in [1.29, 1.82) is 0 Å². The number of rotatable bonds is 33. The van der Waals surface area contributed by atoms with Gasteiger partial charge in [-0.1, -0.05) is 200 Å². The number of hydrogen-bond donors (Lipinski definition) is 2. The van der Waals surface area contributed by atoms with Crippen molar-refractivity contribution >= 4 is 59.2 Å². The Morgan fingerprint density at radius 3 is 0.825 bits per heavy atom. The Morgan fingerprint density at radius 1 is 0.425 bits per heavy atom. The van der Waals surface area contributed by atoms with Gasteiger partial charge in [-0.2, -0.15) is 0 Å². The van der Waals surface area contributed by atoms with Gasteiger partial charge in [-0.15, -0.1) is 0 Å². The van der Waals surface area contributed by atoms with Crippen LogP contribution in [0.2, 0.25) is 0 Å².